The lowest BCUT2D eigenvalue weighted by molar-refractivity contribution is 0.315. The number of benzene rings is 1. The van der Waals surface area contributed by atoms with Gasteiger partial charge in [0, 0.05) is 5.92 Å². The second kappa shape index (κ2) is 5.92. The highest BCUT2D eigenvalue weighted by atomic mass is 16.3. The first-order valence-corrected chi connectivity index (χ1v) is 5.71. The minimum absolute atomic E-state index is 0.149. The molecule has 83 valence electrons. The minimum atomic E-state index is 0.149. The third-order valence-corrected chi connectivity index (χ3v) is 2.69. The monoisotopic (exact) mass is 205 g/mol. The van der Waals surface area contributed by atoms with Crippen LogP contribution in [0.1, 0.15) is 43.4 Å². The Morgan fingerprint density at radius 2 is 2.00 bits per heavy atom. The van der Waals surface area contributed by atoms with Crippen LogP contribution in [0.15, 0.2) is 18.2 Å². The lowest BCUT2D eigenvalue weighted by atomic mass is 9.95. The van der Waals surface area contributed by atoms with Crippen LogP contribution in [0.4, 0.5) is 0 Å². The first-order valence-electron chi connectivity index (χ1n) is 5.71. The lowest BCUT2D eigenvalue weighted by Crippen LogP contribution is -2.01. The largest absolute Gasteiger partial charge is 0.395 e. The molecule has 0 spiro atoms. The Bertz CT molecular complexity index is 304. The molecule has 0 unspecified atom stereocenters. The average Bonchev–Trinajstić information content (AvgIpc) is 2.24. The van der Waals surface area contributed by atoms with E-state index in [1.54, 1.807) is 0 Å². The fraction of sp³-hybridized carbons (Fsp3) is 0.500. The zero-order valence-corrected chi connectivity index (χ0v) is 10.0. The van der Waals surface area contributed by atoms with Crippen molar-refractivity contribution in [1.82, 2.24) is 0 Å². The number of rotatable bonds is 5. The summed E-state index contributed by atoms with van der Waals surface area (Å²) in [5.41, 5.74) is 3.86. The van der Waals surface area contributed by atoms with Gasteiger partial charge in [-0.15, -0.1) is 0 Å². The molecule has 0 atom stereocenters. The van der Waals surface area contributed by atoms with Gasteiger partial charge in [-0.05, 0) is 30.9 Å². The van der Waals surface area contributed by atoms with Gasteiger partial charge < -0.3 is 5.11 Å². The van der Waals surface area contributed by atoms with Gasteiger partial charge in [0.25, 0.3) is 0 Å². The average molecular weight is 205 g/mol. The molecule has 0 bridgehead atoms. The maximum absolute atomic E-state index is 9.11. The molecule has 0 saturated carbocycles. The highest BCUT2D eigenvalue weighted by Gasteiger charge is 2.06. The smallest absolute Gasteiger partial charge is 0.0534 e. The molecular formula is C14H21O. The van der Waals surface area contributed by atoms with Crippen molar-refractivity contribution in [1.29, 1.82) is 0 Å². The van der Waals surface area contributed by atoms with E-state index < -0.39 is 0 Å². The molecular weight excluding hydrogens is 184 g/mol. The van der Waals surface area contributed by atoms with Crippen LogP contribution in [0.25, 0.3) is 0 Å². The summed E-state index contributed by atoms with van der Waals surface area (Å²) in [6, 6.07) is 6.58. The molecule has 0 amide bonds. The van der Waals surface area contributed by atoms with E-state index in [-0.39, 0.29) is 6.61 Å². The van der Waals surface area contributed by atoms with Gasteiger partial charge in [-0.25, -0.2) is 0 Å². The number of hydrogen-bond acceptors (Lipinski definition) is 1. The molecule has 1 rings (SSSR count). The summed E-state index contributed by atoms with van der Waals surface area (Å²) in [5.74, 6) is 1.05. The van der Waals surface area contributed by atoms with Crippen molar-refractivity contribution in [2.75, 3.05) is 6.61 Å². The maximum atomic E-state index is 9.11. The Kier molecular flexibility index (Phi) is 4.83. The van der Waals surface area contributed by atoms with E-state index in [1.807, 2.05) is 6.92 Å². The summed E-state index contributed by atoms with van der Waals surface area (Å²) in [6.45, 7) is 6.46. The third-order valence-electron chi connectivity index (χ3n) is 2.69. The molecule has 0 heterocycles. The van der Waals surface area contributed by atoms with E-state index in [9.17, 15) is 0 Å². The van der Waals surface area contributed by atoms with Gasteiger partial charge in [-0.2, -0.15) is 0 Å². The van der Waals surface area contributed by atoms with Gasteiger partial charge in [0.1, 0.15) is 0 Å². The molecule has 0 fully saturated rings. The third kappa shape index (κ3) is 3.67. The second-order valence-corrected chi connectivity index (χ2v) is 4.25. The quantitative estimate of drug-likeness (QED) is 0.782. The van der Waals surface area contributed by atoms with Crippen LogP contribution < -0.4 is 0 Å². The molecule has 0 aromatic heterocycles. The zero-order chi connectivity index (χ0) is 11.3. The Morgan fingerprint density at radius 1 is 1.27 bits per heavy atom. The number of hydrogen-bond donors (Lipinski definition) is 1. The Balaban J connectivity index is 2.84. The molecule has 0 aliphatic heterocycles. The van der Waals surface area contributed by atoms with Crippen LogP contribution in [0.3, 0.4) is 0 Å². The van der Waals surface area contributed by atoms with Gasteiger partial charge in [-0.3, -0.25) is 0 Å². The summed E-state index contributed by atoms with van der Waals surface area (Å²) in [7, 11) is 0. The van der Waals surface area contributed by atoms with Gasteiger partial charge in [-0.1, -0.05) is 44.0 Å². The van der Waals surface area contributed by atoms with Gasteiger partial charge in [0.2, 0.25) is 0 Å². The SMILES string of the molecule is CCCCc1cc(C)cc([C](C)CO)c1. The van der Waals surface area contributed by atoms with Crippen molar-refractivity contribution in [2.24, 2.45) is 0 Å². The standard InChI is InChI=1S/C14H21O/c1-4-5-6-13-7-11(2)8-14(9-13)12(3)10-15/h7-9,15H,4-6,10H2,1-3H3. The van der Waals surface area contributed by atoms with E-state index in [2.05, 4.69) is 32.0 Å². The first kappa shape index (κ1) is 12.3. The predicted molar refractivity (Wildman–Crippen MR) is 64.9 cm³/mol. The molecule has 0 aliphatic carbocycles. The van der Waals surface area contributed by atoms with Gasteiger partial charge in [0.15, 0.2) is 0 Å². The lowest BCUT2D eigenvalue weighted by Gasteiger charge is -2.11. The molecule has 15 heavy (non-hydrogen) atoms. The van der Waals surface area contributed by atoms with Crippen molar-refractivity contribution in [3.8, 4) is 0 Å². The first-order chi connectivity index (χ1) is 7.17. The van der Waals surface area contributed by atoms with Crippen LogP contribution in [0.2, 0.25) is 0 Å². The summed E-state index contributed by atoms with van der Waals surface area (Å²) >= 11 is 0. The topological polar surface area (TPSA) is 20.2 Å². The number of aliphatic hydroxyl groups is 1. The second-order valence-electron chi connectivity index (χ2n) is 4.25. The van der Waals surface area contributed by atoms with Crippen LogP contribution in [-0.2, 0) is 6.42 Å². The fourth-order valence-corrected chi connectivity index (χ4v) is 1.73. The van der Waals surface area contributed by atoms with Gasteiger partial charge in [0.05, 0.1) is 6.61 Å². The van der Waals surface area contributed by atoms with E-state index in [0.29, 0.717) is 0 Å². The molecule has 1 N–H and O–H groups in total. The van der Waals surface area contributed by atoms with E-state index in [4.69, 9.17) is 5.11 Å². The molecule has 1 heteroatoms. The predicted octanol–water partition coefficient (Wildman–Crippen LogP) is 3.27. The van der Waals surface area contributed by atoms with Gasteiger partial charge >= 0.3 is 0 Å². The number of unbranched alkanes of at least 4 members (excludes halogenated alkanes) is 1. The van der Waals surface area contributed by atoms with E-state index >= 15 is 0 Å². The van der Waals surface area contributed by atoms with Crippen molar-refractivity contribution in [3.05, 3.63) is 40.8 Å². The highest BCUT2D eigenvalue weighted by molar-refractivity contribution is 5.37. The summed E-state index contributed by atoms with van der Waals surface area (Å²) in [6.07, 6.45) is 3.61. The zero-order valence-electron chi connectivity index (χ0n) is 10.0. The van der Waals surface area contributed by atoms with Crippen molar-refractivity contribution in [2.45, 2.75) is 40.0 Å². The number of aryl methyl sites for hydroxylation is 2. The Hall–Kier alpha value is -0.820. The normalized spacial score (nSPS) is 11.0. The molecule has 1 radical (unpaired) electrons. The van der Waals surface area contributed by atoms with Crippen LogP contribution in [-0.4, -0.2) is 11.7 Å². The Labute approximate surface area is 93.1 Å². The summed E-state index contributed by atoms with van der Waals surface area (Å²) < 4.78 is 0. The molecule has 0 saturated heterocycles. The Morgan fingerprint density at radius 3 is 2.60 bits per heavy atom. The van der Waals surface area contributed by atoms with Crippen LogP contribution in [0.5, 0.6) is 0 Å². The van der Waals surface area contributed by atoms with E-state index in [0.717, 1.165) is 12.3 Å². The molecule has 0 aliphatic rings. The minimum Gasteiger partial charge on any atom is -0.395 e. The fourth-order valence-electron chi connectivity index (χ4n) is 1.73. The van der Waals surface area contributed by atoms with Crippen LogP contribution >= 0.6 is 0 Å². The summed E-state index contributed by atoms with van der Waals surface area (Å²) in [5, 5.41) is 9.11. The summed E-state index contributed by atoms with van der Waals surface area (Å²) in [4.78, 5) is 0. The highest BCUT2D eigenvalue weighted by Crippen LogP contribution is 2.18. The van der Waals surface area contributed by atoms with Crippen LogP contribution in [0, 0.1) is 12.8 Å². The molecule has 1 aromatic rings. The van der Waals surface area contributed by atoms with Crippen molar-refractivity contribution >= 4 is 0 Å². The van der Waals surface area contributed by atoms with Crippen molar-refractivity contribution < 1.29 is 5.11 Å². The molecule has 1 aromatic carbocycles. The maximum Gasteiger partial charge on any atom is 0.0534 e. The molecule has 1 nitrogen and oxygen atoms in total. The number of aliphatic hydroxyl groups excluding tert-OH is 1. The van der Waals surface area contributed by atoms with Crippen molar-refractivity contribution in [3.63, 3.8) is 0 Å². The van der Waals surface area contributed by atoms with E-state index in [1.165, 1.54) is 29.5 Å².